The zero-order valence-electron chi connectivity index (χ0n) is 12.9. The minimum absolute atomic E-state index is 0.0787. The van der Waals surface area contributed by atoms with Crippen LogP contribution in [0.3, 0.4) is 0 Å². The molecule has 6 heteroatoms. The highest BCUT2D eigenvalue weighted by Crippen LogP contribution is 2.34. The number of nitrogens with zero attached hydrogens (tertiary/aromatic N) is 1. The van der Waals surface area contributed by atoms with Gasteiger partial charge in [0.05, 0.1) is 6.10 Å². The number of aliphatic carboxylic acids is 1. The Kier molecular flexibility index (Phi) is 5.08. The van der Waals surface area contributed by atoms with Gasteiger partial charge in [0.1, 0.15) is 5.54 Å². The predicted molar refractivity (Wildman–Crippen MR) is 78.2 cm³/mol. The molecular formula is C15H26N2O4. The van der Waals surface area contributed by atoms with Crippen molar-refractivity contribution >= 4 is 12.0 Å². The number of hydrogen-bond donors (Lipinski definition) is 2. The van der Waals surface area contributed by atoms with Crippen LogP contribution in [0.15, 0.2) is 0 Å². The molecule has 0 aromatic rings. The first kappa shape index (κ1) is 16.1. The second-order valence-corrected chi connectivity index (χ2v) is 6.19. The fourth-order valence-electron chi connectivity index (χ4n) is 3.56. The highest BCUT2D eigenvalue weighted by atomic mass is 16.5. The van der Waals surface area contributed by atoms with E-state index >= 15 is 0 Å². The summed E-state index contributed by atoms with van der Waals surface area (Å²) < 4.78 is 5.47. The molecule has 2 aliphatic heterocycles. The van der Waals surface area contributed by atoms with Crippen LogP contribution in [0.5, 0.6) is 0 Å². The molecule has 2 heterocycles. The molecule has 0 spiro atoms. The highest BCUT2D eigenvalue weighted by Gasteiger charge is 2.49. The van der Waals surface area contributed by atoms with Gasteiger partial charge in [-0.3, -0.25) is 0 Å². The molecule has 120 valence electrons. The summed E-state index contributed by atoms with van der Waals surface area (Å²) in [6, 6.07) is -0.155. The number of carbonyl (C=O) groups is 2. The summed E-state index contributed by atoms with van der Waals surface area (Å²) in [6.07, 6.45) is 4.29. The van der Waals surface area contributed by atoms with Crippen molar-refractivity contribution < 1.29 is 19.4 Å². The third-order valence-electron chi connectivity index (χ3n) is 4.61. The summed E-state index contributed by atoms with van der Waals surface area (Å²) in [4.78, 5) is 25.8. The van der Waals surface area contributed by atoms with Gasteiger partial charge in [0.25, 0.3) is 0 Å². The minimum atomic E-state index is -1.02. The van der Waals surface area contributed by atoms with Crippen LogP contribution in [0.4, 0.5) is 4.79 Å². The van der Waals surface area contributed by atoms with Crippen LogP contribution in [-0.2, 0) is 9.53 Å². The van der Waals surface area contributed by atoms with Crippen molar-refractivity contribution in [3.8, 4) is 0 Å². The van der Waals surface area contributed by atoms with Crippen molar-refractivity contribution in [2.24, 2.45) is 0 Å². The molecule has 0 radical (unpaired) electrons. The van der Waals surface area contributed by atoms with Gasteiger partial charge in [0, 0.05) is 19.2 Å². The lowest BCUT2D eigenvalue weighted by molar-refractivity contribution is -0.148. The fourth-order valence-corrected chi connectivity index (χ4v) is 3.56. The largest absolute Gasteiger partial charge is 0.479 e. The zero-order valence-corrected chi connectivity index (χ0v) is 12.9. The number of amides is 2. The van der Waals surface area contributed by atoms with Crippen LogP contribution < -0.4 is 5.32 Å². The first-order chi connectivity index (χ1) is 9.99. The molecule has 2 rings (SSSR count). The monoisotopic (exact) mass is 298 g/mol. The van der Waals surface area contributed by atoms with Gasteiger partial charge in [-0.05, 0) is 39.0 Å². The van der Waals surface area contributed by atoms with Gasteiger partial charge in [-0.2, -0.15) is 0 Å². The van der Waals surface area contributed by atoms with Gasteiger partial charge in [0.15, 0.2) is 0 Å². The molecule has 2 amide bonds. The average molecular weight is 298 g/mol. The third kappa shape index (κ3) is 3.31. The van der Waals surface area contributed by atoms with Gasteiger partial charge in [0.2, 0.25) is 0 Å². The van der Waals surface area contributed by atoms with E-state index in [-0.39, 0.29) is 18.2 Å². The van der Waals surface area contributed by atoms with E-state index in [1.807, 2.05) is 13.8 Å². The first-order valence-electron chi connectivity index (χ1n) is 7.92. The lowest BCUT2D eigenvalue weighted by Crippen LogP contribution is -2.57. The van der Waals surface area contributed by atoms with E-state index in [1.54, 1.807) is 4.90 Å². The summed E-state index contributed by atoms with van der Waals surface area (Å²) >= 11 is 0. The Morgan fingerprint density at radius 1 is 1.48 bits per heavy atom. The van der Waals surface area contributed by atoms with Gasteiger partial charge in [-0.1, -0.05) is 13.3 Å². The Balaban J connectivity index is 2.04. The van der Waals surface area contributed by atoms with Crippen LogP contribution in [0.1, 0.15) is 52.4 Å². The van der Waals surface area contributed by atoms with E-state index in [4.69, 9.17) is 4.74 Å². The molecule has 0 saturated carbocycles. The quantitative estimate of drug-likeness (QED) is 0.832. The normalized spacial score (nSPS) is 33.0. The number of urea groups is 1. The Labute approximate surface area is 125 Å². The van der Waals surface area contributed by atoms with E-state index in [0.717, 1.165) is 25.7 Å². The third-order valence-corrected chi connectivity index (χ3v) is 4.61. The van der Waals surface area contributed by atoms with Crippen LogP contribution in [0, 0.1) is 0 Å². The van der Waals surface area contributed by atoms with E-state index in [2.05, 4.69) is 5.32 Å². The molecule has 2 N–H and O–H groups in total. The standard InChI is InChI=1S/C15H26N2O4/c1-3-6-15(13(18)19)7-4-8-17(15)14(20)16-12-5-9-21-11(2)10-12/h11-12H,3-10H2,1-2H3,(H,16,20)(H,18,19). The topological polar surface area (TPSA) is 78.9 Å². The molecular weight excluding hydrogens is 272 g/mol. The number of carbonyl (C=O) groups excluding carboxylic acids is 1. The van der Waals surface area contributed by atoms with Crippen LogP contribution >= 0.6 is 0 Å². The van der Waals surface area contributed by atoms with Gasteiger partial charge in [-0.25, -0.2) is 9.59 Å². The molecule has 0 aromatic heterocycles. The van der Waals surface area contributed by atoms with Crippen molar-refractivity contribution in [2.75, 3.05) is 13.2 Å². The Morgan fingerprint density at radius 3 is 2.86 bits per heavy atom. The predicted octanol–water partition coefficient (Wildman–Crippen LogP) is 1.98. The molecule has 2 fully saturated rings. The summed E-state index contributed by atoms with van der Waals surface area (Å²) in [7, 11) is 0. The van der Waals surface area contributed by atoms with E-state index in [9.17, 15) is 14.7 Å². The van der Waals surface area contributed by atoms with Crippen molar-refractivity contribution in [1.82, 2.24) is 10.2 Å². The number of hydrogen-bond acceptors (Lipinski definition) is 3. The molecule has 0 aromatic carbocycles. The average Bonchev–Trinajstić information content (AvgIpc) is 2.84. The number of likely N-dealkylation sites (tertiary alicyclic amines) is 1. The molecule has 3 atom stereocenters. The Hall–Kier alpha value is -1.30. The summed E-state index contributed by atoms with van der Waals surface area (Å²) in [6.45, 7) is 5.12. The SMILES string of the molecule is CCCC1(C(=O)O)CCCN1C(=O)NC1CCOC(C)C1. The number of ether oxygens (including phenoxy) is 1. The lowest BCUT2D eigenvalue weighted by atomic mass is 9.91. The Bertz CT molecular complexity index is 401. The summed E-state index contributed by atoms with van der Waals surface area (Å²) in [5.41, 5.74) is -1.02. The maximum Gasteiger partial charge on any atom is 0.329 e. The lowest BCUT2D eigenvalue weighted by Gasteiger charge is -2.36. The minimum Gasteiger partial charge on any atom is -0.479 e. The number of carboxylic acids is 1. The number of rotatable bonds is 4. The highest BCUT2D eigenvalue weighted by molar-refractivity contribution is 5.87. The summed E-state index contributed by atoms with van der Waals surface area (Å²) in [5, 5.41) is 12.6. The maximum atomic E-state index is 12.5. The molecule has 0 bridgehead atoms. The number of nitrogens with one attached hydrogen (secondary N) is 1. The van der Waals surface area contributed by atoms with Crippen molar-refractivity contribution in [3.63, 3.8) is 0 Å². The molecule has 21 heavy (non-hydrogen) atoms. The molecule has 6 nitrogen and oxygen atoms in total. The second kappa shape index (κ2) is 6.64. The molecule has 0 aliphatic carbocycles. The van der Waals surface area contributed by atoms with E-state index in [1.165, 1.54) is 0 Å². The second-order valence-electron chi connectivity index (χ2n) is 6.19. The fraction of sp³-hybridized carbons (Fsp3) is 0.867. The van der Waals surface area contributed by atoms with Gasteiger partial charge in [-0.15, -0.1) is 0 Å². The van der Waals surface area contributed by atoms with Crippen LogP contribution in [-0.4, -0.2) is 52.8 Å². The zero-order chi connectivity index (χ0) is 15.5. The Morgan fingerprint density at radius 2 is 2.24 bits per heavy atom. The number of carboxylic acid groups (broad SMARTS) is 1. The van der Waals surface area contributed by atoms with Gasteiger partial charge < -0.3 is 20.1 Å². The molecule has 2 saturated heterocycles. The smallest absolute Gasteiger partial charge is 0.329 e. The van der Waals surface area contributed by atoms with Crippen molar-refractivity contribution in [2.45, 2.75) is 70.1 Å². The maximum absolute atomic E-state index is 12.5. The van der Waals surface area contributed by atoms with Crippen LogP contribution in [0.25, 0.3) is 0 Å². The van der Waals surface area contributed by atoms with Gasteiger partial charge >= 0.3 is 12.0 Å². The molecule has 3 unspecified atom stereocenters. The van der Waals surface area contributed by atoms with Crippen molar-refractivity contribution in [1.29, 1.82) is 0 Å². The van der Waals surface area contributed by atoms with E-state index in [0.29, 0.717) is 26.0 Å². The van der Waals surface area contributed by atoms with Crippen LogP contribution in [0.2, 0.25) is 0 Å². The molecule has 2 aliphatic rings. The summed E-state index contributed by atoms with van der Waals surface area (Å²) in [5.74, 6) is -0.877. The van der Waals surface area contributed by atoms with E-state index < -0.39 is 11.5 Å². The first-order valence-corrected chi connectivity index (χ1v) is 7.92. The van der Waals surface area contributed by atoms with Crippen molar-refractivity contribution in [3.05, 3.63) is 0 Å².